The van der Waals surface area contributed by atoms with Gasteiger partial charge < -0.3 is 19.6 Å². The smallest absolute Gasteiger partial charge is 0.428 e. The Morgan fingerprint density at radius 3 is 2.71 bits per heavy atom. The van der Waals surface area contributed by atoms with Crippen molar-refractivity contribution in [2.45, 2.75) is 26.4 Å². The summed E-state index contributed by atoms with van der Waals surface area (Å²) >= 11 is 0. The van der Waals surface area contributed by atoms with Gasteiger partial charge in [-0.15, -0.1) is 0 Å². The van der Waals surface area contributed by atoms with E-state index in [1.165, 1.54) is 4.90 Å². The monoisotopic (exact) mass is 336 g/mol. The third kappa shape index (κ3) is 3.85. The molecule has 7 nitrogen and oxygen atoms in total. The van der Waals surface area contributed by atoms with Gasteiger partial charge in [0, 0.05) is 19.7 Å². The summed E-state index contributed by atoms with van der Waals surface area (Å²) in [5, 5.41) is 9.60. The van der Waals surface area contributed by atoms with Crippen LogP contribution in [0, 0.1) is 11.3 Å². The first-order valence-corrected chi connectivity index (χ1v) is 8.01. The number of aliphatic hydroxyl groups excluding tert-OH is 1. The highest BCUT2D eigenvalue weighted by Crippen LogP contribution is 2.39. The lowest BCUT2D eigenvalue weighted by atomic mass is 9.71. The molecule has 132 valence electrons. The highest BCUT2D eigenvalue weighted by Gasteiger charge is 2.48. The Morgan fingerprint density at radius 1 is 1.38 bits per heavy atom. The zero-order chi connectivity index (χ0) is 17.6. The summed E-state index contributed by atoms with van der Waals surface area (Å²) in [6.45, 7) is 2.34. The maximum absolute atomic E-state index is 12.8. The molecule has 0 bridgehead atoms. The van der Waals surface area contributed by atoms with Crippen LogP contribution in [0.1, 0.15) is 25.3 Å². The maximum Gasteiger partial charge on any atom is 0.428 e. The van der Waals surface area contributed by atoms with Crippen LogP contribution in [0.25, 0.3) is 0 Å². The van der Waals surface area contributed by atoms with Crippen molar-refractivity contribution < 1.29 is 24.3 Å². The number of likely N-dealkylation sites (tertiary alicyclic amines) is 1. The molecular weight excluding hydrogens is 312 g/mol. The number of nitrogens with two attached hydrogens (primary N) is 1. The van der Waals surface area contributed by atoms with Crippen LogP contribution in [0.15, 0.2) is 30.3 Å². The standard InChI is InChI=1S/C17H24N2O5/c1-13(10-20)17(8-5-9-19(12-17)16(22)24-18)15(21)23-11-14-6-3-2-4-7-14/h2-4,6-7,13,20H,5,8-12,18H2,1H3. The number of piperidine rings is 1. The van der Waals surface area contributed by atoms with E-state index in [0.29, 0.717) is 19.4 Å². The number of esters is 1. The van der Waals surface area contributed by atoms with Crippen LogP contribution in [0.5, 0.6) is 0 Å². The third-order valence-electron chi connectivity index (χ3n) is 4.72. The number of ether oxygens (including phenoxy) is 1. The van der Waals surface area contributed by atoms with E-state index in [1.807, 2.05) is 30.3 Å². The van der Waals surface area contributed by atoms with E-state index in [4.69, 9.17) is 10.6 Å². The topological polar surface area (TPSA) is 102 Å². The molecule has 1 heterocycles. The van der Waals surface area contributed by atoms with Crippen LogP contribution in [-0.4, -0.2) is 41.8 Å². The van der Waals surface area contributed by atoms with E-state index in [1.54, 1.807) is 6.92 Å². The number of nitrogens with zero attached hydrogens (tertiary/aromatic N) is 1. The molecule has 0 spiro atoms. The molecule has 2 unspecified atom stereocenters. The minimum Gasteiger partial charge on any atom is -0.460 e. The van der Waals surface area contributed by atoms with E-state index in [0.717, 1.165) is 5.56 Å². The summed E-state index contributed by atoms with van der Waals surface area (Å²) in [6.07, 6.45) is 0.469. The van der Waals surface area contributed by atoms with Gasteiger partial charge in [0.2, 0.25) is 0 Å². The first-order chi connectivity index (χ1) is 11.5. The van der Waals surface area contributed by atoms with Crippen molar-refractivity contribution in [2.75, 3.05) is 19.7 Å². The highest BCUT2D eigenvalue weighted by molar-refractivity contribution is 5.79. The molecule has 0 saturated carbocycles. The van der Waals surface area contributed by atoms with Gasteiger partial charge in [-0.2, -0.15) is 5.90 Å². The zero-order valence-electron chi connectivity index (χ0n) is 13.8. The molecule has 0 aromatic heterocycles. The lowest BCUT2D eigenvalue weighted by Gasteiger charge is -2.43. The number of carbonyl (C=O) groups excluding carboxylic acids is 2. The lowest BCUT2D eigenvalue weighted by Crippen LogP contribution is -2.54. The van der Waals surface area contributed by atoms with Crippen LogP contribution >= 0.6 is 0 Å². The Labute approximate surface area is 141 Å². The molecule has 0 aliphatic carbocycles. The second-order valence-electron chi connectivity index (χ2n) is 6.21. The van der Waals surface area contributed by atoms with Gasteiger partial charge >= 0.3 is 12.1 Å². The van der Waals surface area contributed by atoms with Gasteiger partial charge in [0.15, 0.2) is 0 Å². The van der Waals surface area contributed by atoms with Gasteiger partial charge in [-0.25, -0.2) is 4.79 Å². The van der Waals surface area contributed by atoms with Crippen molar-refractivity contribution in [3.8, 4) is 0 Å². The molecule has 1 fully saturated rings. The SMILES string of the molecule is CC(CO)C1(C(=O)OCc2ccccc2)CCCN(C(=O)ON)C1. The van der Waals surface area contributed by atoms with E-state index in [9.17, 15) is 14.7 Å². The molecule has 1 aromatic carbocycles. The lowest BCUT2D eigenvalue weighted by molar-refractivity contribution is -0.166. The molecule has 1 saturated heterocycles. The summed E-state index contributed by atoms with van der Waals surface area (Å²) in [7, 11) is 0. The first kappa shape index (κ1) is 18.2. The summed E-state index contributed by atoms with van der Waals surface area (Å²) in [5.41, 5.74) is -0.0811. The van der Waals surface area contributed by atoms with Crippen molar-refractivity contribution >= 4 is 12.1 Å². The summed E-state index contributed by atoms with van der Waals surface area (Å²) in [4.78, 5) is 30.2. The number of carbonyl (C=O) groups is 2. The van der Waals surface area contributed by atoms with E-state index in [2.05, 4.69) is 4.84 Å². The molecule has 24 heavy (non-hydrogen) atoms. The summed E-state index contributed by atoms with van der Waals surface area (Å²) in [5.74, 6) is 4.19. The van der Waals surface area contributed by atoms with Crippen molar-refractivity contribution in [3.63, 3.8) is 0 Å². The minimum absolute atomic E-state index is 0.123. The number of rotatable bonds is 5. The van der Waals surface area contributed by atoms with E-state index in [-0.39, 0.29) is 25.7 Å². The predicted octanol–water partition coefficient (Wildman–Crippen LogP) is 1.45. The number of hydrogen-bond acceptors (Lipinski definition) is 6. The Morgan fingerprint density at radius 2 is 2.08 bits per heavy atom. The number of benzene rings is 1. The van der Waals surface area contributed by atoms with Gasteiger partial charge in [0.1, 0.15) is 6.61 Å². The Kier molecular flexibility index (Phi) is 6.16. The number of amides is 1. The van der Waals surface area contributed by atoms with Crippen molar-refractivity contribution in [1.29, 1.82) is 0 Å². The van der Waals surface area contributed by atoms with E-state index < -0.39 is 17.5 Å². The first-order valence-electron chi connectivity index (χ1n) is 8.01. The molecular formula is C17H24N2O5. The summed E-state index contributed by atoms with van der Waals surface area (Å²) in [6, 6.07) is 9.37. The largest absolute Gasteiger partial charge is 0.460 e. The van der Waals surface area contributed by atoms with Crippen molar-refractivity contribution in [2.24, 2.45) is 17.2 Å². The van der Waals surface area contributed by atoms with Gasteiger partial charge in [-0.1, -0.05) is 37.3 Å². The maximum atomic E-state index is 12.8. The number of aliphatic hydroxyl groups is 1. The van der Waals surface area contributed by atoms with Gasteiger partial charge in [-0.05, 0) is 24.3 Å². The molecule has 1 amide bonds. The third-order valence-corrected chi connectivity index (χ3v) is 4.72. The Balaban J connectivity index is 2.14. The normalized spacial score (nSPS) is 21.9. The fourth-order valence-corrected chi connectivity index (χ4v) is 3.13. The second kappa shape index (κ2) is 8.12. The predicted molar refractivity (Wildman–Crippen MR) is 86.4 cm³/mol. The van der Waals surface area contributed by atoms with Crippen LogP contribution in [0.2, 0.25) is 0 Å². The Hall–Kier alpha value is -2.12. The quantitative estimate of drug-likeness (QED) is 0.623. The average molecular weight is 336 g/mol. The second-order valence-corrected chi connectivity index (χ2v) is 6.21. The fourth-order valence-electron chi connectivity index (χ4n) is 3.13. The average Bonchev–Trinajstić information content (AvgIpc) is 2.65. The van der Waals surface area contributed by atoms with Crippen LogP contribution in [0.3, 0.4) is 0 Å². The van der Waals surface area contributed by atoms with Crippen LogP contribution in [0.4, 0.5) is 4.79 Å². The van der Waals surface area contributed by atoms with E-state index >= 15 is 0 Å². The zero-order valence-corrected chi connectivity index (χ0v) is 13.8. The van der Waals surface area contributed by atoms with Crippen molar-refractivity contribution in [3.05, 3.63) is 35.9 Å². The molecule has 3 N–H and O–H groups in total. The highest BCUT2D eigenvalue weighted by atomic mass is 16.7. The minimum atomic E-state index is -0.962. The molecule has 2 rings (SSSR count). The van der Waals surface area contributed by atoms with Crippen molar-refractivity contribution in [1.82, 2.24) is 4.90 Å². The van der Waals surface area contributed by atoms with Gasteiger partial charge in [-0.3, -0.25) is 4.79 Å². The molecule has 7 heteroatoms. The molecule has 1 aliphatic heterocycles. The van der Waals surface area contributed by atoms with Gasteiger partial charge in [0.05, 0.1) is 5.41 Å². The molecule has 0 radical (unpaired) electrons. The van der Waals surface area contributed by atoms with Gasteiger partial charge in [0.25, 0.3) is 0 Å². The van der Waals surface area contributed by atoms with Crippen LogP contribution in [-0.2, 0) is 21.0 Å². The Bertz CT molecular complexity index is 565. The molecule has 2 atom stereocenters. The van der Waals surface area contributed by atoms with Crippen LogP contribution < -0.4 is 5.90 Å². The summed E-state index contributed by atoms with van der Waals surface area (Å²) < 4.78 is 5.50. The number of hydrogen-bond donors (Lipinski definition) is 2. The molecule has 1 aliphatic rings. The molecule has 1 aromatic rings. The fraction of sp³-hybridized carbons (Fsp3) is 0.529.